The summed E-state index contributed by atoms with van der Waals surface area (Å²) in [6.45, 7) is 3.16. The van der Waals surface area contributed by atoms with Crippen LogP contribution in [0.15, 0.2) is 22.0 Å². The van der Waals surface area contributed by atoms with Gasteiger partial charge in [-0.3, -0.25) is 0 Å². The highest BCUT2D eigenvalue weighted by atomic mass is 32.2. The first-order valence-electron chi connectivity index (χ1n) is 8.05. The van der Waals surface area contributed by atoms with Crippen molar-refractivity contribution in [3.05, 3.63) is 17.9 Å². The van der Waals surface area contributed by atoms with Crippen LogP contribution in [0.2, 0.25) is 0 Å². The summed E-state index contributed by atoms with van der Waals surface area (Å²) >= 11 is 1.48. The molecule has 0 aromatic heterocycles. The van der Waals surface area contributed by atoms with Crippen LogP contribution in [0.1, 0.15) is 19.8 Å². The summed E-state index contributed by atoms with van der Waals surface area (Å²) in [5, 5.41) is 0. The molecule has 4 nitrogen and oxygen atoms in total. The average Bonchev–Trinajstić information content (AvgIpc) is 3.38. The Balaban J connectivity index is 0.000000324. The van der Waals surface area contributed by atoms with E-state index in [4.69, 9.17) is 9.73 Å². The molecule has 1 saturated heterocycles. The fourth-order valence-corrected chi connectivity index (χ4v) is 3.42. The fraction of sp³-hybridized carbons (Fsp3) is 0.562. The second kappa shape index (κ2) is 7.41. The summed E-state index contributed by atoms with van der Waals surface area (Å²) in [4.78, 5) is 7.80. The molecule has 25 heavy (non-hydrogen) atoms. The van der Waals surface area contributed by atoms with Crippen LogP contribution in [0, 0.1) is 11.7 Å². The van der Waals surface area contributed by atoms with Gasteiger partial charge in [0.05, 0.1) is 23.8 Å². The number of rotatable bonds is 2. The van der Waals surface area contributed by atoms with E-state index in [-0.39, 0.29) is 12.7 Å². The Morgan fingerprint density at radius 2 is 1.88 bits per heavy atom. The van der Waals surface area contributed by atoms with E-state index >= 15 is 0 Å². The van der Waals surface area contributed by atoms with Gasteiger partial charge in [0.2, 0.25) is 0 Å². The van der Waals surface area contributed by atoms with Crippen LogP contribution in [0.4, 0.5) is 28.9 Å². The SMILES string of the molecule is CC(F)(F)F.Fc1cc2c(c(N3CCOCC3)c1)N=C(C1CC1)NS2. The molecule has 2 aliphatic heterocycles. The topological polar surface area (TPSA) is 36.9 Å². The Bertz CT molecular complexity index is 650. The Morgan fingerprint density at radius 3 is 2.48 bits per heavy atom. The van der Waals surface area contributed by atoms with Crippen molar-refractivity contribution >= 4 is 29.2 Å². The van der Waals surface area contributed by atoms with Crippen LogP contribution in [0.3, 0.4) is 0 Å². The molecule has 0 unspecified atom stereocenters. The number of hydrogen-bond acceptors (Lipinski definition) is 5. The molecule has 1 aromatic carbocycles. The number of anilines is 1. The number of morpholine rings is 1. The number of halogens is 4. The predicted octanol–water partition coefficient (Wildman–Crippen LogP) is 4.28. The Morgan fingerprint density at radius 1 is 1.24 bits per heavy atom. The molecular formula is C16H19F4N3OS. The summed E-state index contributed by atoms with van der Waals surface area (Å²) < 4.78 is 53.5. The van der Waals surface area contributed by atoms with Gasteiger partial charge in [0, 0.05) is 25.9 Å². The van der Waals surface area contributed by atoms with E-state index in [9.17, 15) is 17.6 Å². The highest BCUT2D eigenvalue weighted by Crippen LogP contribution is 2.43. The highest BCUT2D eigenvalue weighted by molar-refractivity contribution is 7.98. The van der Waals surface area contributed by atoms with Gasteiger partial charge in [-0.05, 0) is 36.9 Å². The van der Waals surface area contributed by atoms with Crippen molar-refractivity contribution in [1.82, 2.24) is 4.72 Å². The molecule has 2 heterocycles. The summed E-state index contributed by atoms with van der Waals surface area (Å²) in [7, 11) is 0. The molecule has 1 aliphatic carbocycles. The van der Waals surface area contributed by atoms with E-state index in [0.717, 1.165) is 35.2 Å². The predicted molar refractivity (Wildman–Crippen MR) is 90.0 cm³/mol. The zero-order valence-corrected chi connectivity index (χ0v) is 14.5. The Kier molecular flexibility index (Phi) is 5.43. The lowest BCUT2D eigenvalue weighted by Crippen LogP contribution is -2.36. The van der Waals surface area contributed by atoms with E-state index in [1.165, 1.54) is 24.8 Å². The van der Waals surface area contributed by atoms with E-state index in [0.29, 0.717) is 19.1 Å². The lowest BCUT2D eigenvalue weighted by atomic mass is 10.2. The summed E-state index contributed by atoms with van der Waals surface area (Å²) in [5.74, 6) is 1.41. The van der Waals surface area contributed by atoms with Crippen molar-refractivity contribution < 1.29 is 22.3 Å². The van der Waals surface area contributed by atoms with Gasteiger partial charge in [-0.25, -0.2) is 9.38 Å². The minimum Gasteiger partial charge on any atom is -0.378 e. The van der Waals surface area contributed by atoms with Crippen LogP contribution in [-0.2, 0) is 4.74 Å². The largest absolute Gasteiger partial charge is 0.386 e. The monoisotopic (exact) mass is 377 g/mol. The van der Waals surface area contributed by atoms with Crippen molar-refractivity contribution in [3.63, 3.8) is 0 Å². The van der Waals surface area contributed by atoms with Gasteiger partial charge in [0.25, 0.3) is 0 Å². The van der Waals surface area contributed by atoms with Gasteiger partial charge >= 0.3 is 6.18 Å². The maximum atomic E-state index is 13.8. The average molecular weight is 377 g/mol. The third-order valence-electron chi connectivity index (χ3n) is 3.83. The van der Waals surface area contributed by atoms with Crippen molar-refractivity contribution in [2.24, 2.45) is 10.9 Å². The van der Waals surface area contributed by atoms with Gasteiger partial charge in [-0.1, -0.05) is 0 Å². The number of nitrogens with zero attached hydrogens (tertiary/aromatic N) is 2. The van der Waals surface area contributed by atoms with E-state index in [1.807, 2.05) is 0 Å². The molecular weight excluding hydrogens is 358 g/mol. The molecule has 1 saturated carbocycles. The number of aliphatic imine (C=N–C) groups is 1. The van der Waals surface area contributed by atoms with E-state index < -0.39 is 6.18 Å². The quantitative estimate of drug-likeness (QED) is 0.617. The summed E-state index contributed by atoms with van der Waals surface area (Å²) in [5.41, 5.74) is 1.81. The van der Waals surface area contributed by atoms with Gasteiger partial charge in [-0.2, -0.15) is 13.2 Å². The maximum Gasteiger partial charge on any atom is 0.386 e. The van der Waals surface area contributed by atoms with Crippen molar-refractivity contribution in [1.29, 1.82) is 0 Å². The Hall–Kier alpha value is -1.48. The zero-order chi connectivity index (χ0) is 18.0. The first-order chi connectivity index (χ1) is 11.8. The van der Waals surface area contributed by atoms with Crippen molar-refractivity contribution in [2.45, 2.75) is 30.8 Å². The van der Waals surface area contributed by atoms with Crippen LogP contribution in [0.25, 0.3) is 0 Å². The number of nitrogens with one attached hydrogen (secondary N) is 1. The van der Waals surface area contributed by atoms with Gasteiger partial charge < -0.3 is 14.4 Å². The fourth-order valence-electron chi connectivity index (χ4n) is 2.58. The van der Waals surface area contributed by atoms with Gasteiger partial charge in [0.1, 0.15) is 17.3 Å². The smallest absolute Gasteiger partial charge is 0.378 e. The normalized spacial score (nSPS) is 20.0. The minimum atomic E-state index is -4.00. The van der Waals surface area contributed by atoms with Crippen molar-refractivity contribution in [3.8, 4) is 0 Å². The van der Waals surface area contributed by atoms with Gasteiger partial charge in [-0.15, -0.1) is 0 Å². The Labute approximate surface area is 147 Å². The van der Waals surface area contributed by atoms with Crippen LogP contribution >= 0.6 is 11.9 Å². The molecule has 1 aromatic rings. The van der Waals surface area contributed by atoms with E-state index in [1.54, 1.807) is 12.1 Å². The zero-order valence-electron chi connectivity index (χ0n) is 13.7. The van der Waals surface area contributed by atoms with Crippen molar-refractivity contribution in [2.75, 3.05) is 31.2 Å². The molecule has 0 bridgehead atoms. The first kappa shape index (κ1) is 18.3. The van der Waals surface area contributed by atoms with Crippen LogP contribution in [0.5, 0.6) is 0 Å². The van der Waals surface area contributed by atoms with Gasteiger partial charge in [0.15, 0.2) is 0 Å². The molecule has 4 rings (SSSR count). The molecule has 3 aliphatic rings. The summed E-state index contributed by atoms with van der Waals surface area (Å²) in [6, 6.07) is 3.16. The molecule has 0 amide bonds. The summed E-state index contributed by atoms with van der Waals surface area (Å²) in [6.07, 6.45) is -1.59. The number of amidine groups is 1. The number of hydrogen-bond donors (Lipinski definition) is 1. The standard InChI is InChI=1S/C14H16FN3OS.C2H3F3/c15-10-7-11(18-3-5-19-6-4-18)13-12(8-10)20-17-14(16-13)9-1-2-9;1-2(3,4)5/h7-9H,1-6H2,(H,16,17);1H3. The molecule has 0 spiro atoms. The molecule has 0 radical (unpaired) electrons. The first-order valence-corrected chi connectivity index (χ1v) is 8.87. The molecule has 1 N–H and O–H groups in total. The second-order valence-corrected chi connectivity index (χ2v) is 6.98. The maximum absolute atomic E-state index is 13.8. The number of benzene rings is 1. The van der Waals surface area contributed by atoms with Crippen LogP contribution < -0.4 is 9.62 Å². The van der Waals surface area contributed by atoms with Crippen LogP contribution in [-0.4, -0.2) is 38.3 Å². The second-order valence-electron chi connectivity index (χ2n) is 6.13. The highest BCUT2D eigenvalue weighted by Gasteiger charge is 2.31. The minimum absolute atomic E-state index is 0.188. The lowest BCUT2D eigenvalue weighted by molar-refractivity contribution is -0.110. The molecule has 138 valence electrons. The number of fused-ring (bicyclic) bond motifs is 1. The molecule has 0 atom stereocenters. The lowest BCUT2D eigenvalue weighted by Gasteiger charge is -2.31. The number of alkyl halides is 3. The third-order valence-corrected chi connectivity index (χ3v) is 4.68. The molecule has 2 fully saturated rings. The third kappa shape index (κ3) is 5.24. The number of ether oxygens (including phenoxy) is 1. The molecule has 9 heteroatoms. The van der Waals surface area contributed by atoms with E-state index in [2.05, 4.69) is 9.62 Å².